The molecule has 20 heavy (non-hydrogen) atoms. The highest BCUT2D eigenvalue weighted by Crippen LogP contribution is 2.21. The molecule has 1 aromatic heterocycles. The Bertz CT molecular complexity index is 548. The zero-order valence-electron chi connectivity index (χ0n) is 11.6. The summed E-state index contributed by atoms with van der Waals surface area (Å²) in [7, 11) is 0. The standard InChI is InChI=1S/C15H18ClN3O/c1-3-20-15-9-14(18-11(2)19-15)17-10-13(16)12-7-5-4-6-8-12/h4-9,13H,3,10H2,1-2H3,(H,17,18,19). The molecule has 0 aliphatic carbocycles. The molecule has 0 aliphatic heterocycles. The van der Waals surface area contributed by atoms with E-state index in [9.17, 15) is 0 Å². The van der Waals surface area contributed by atoms with Gasteiger partial charge in [-0.2, -0.15) is 4.98 Å². The minimum atomic E-state index is -0.109. The van der Waals surface area contributed by atoms with Gasteiger partial charge in [-0.1, -0.05) is 30.3 Å². The minimum Gasteiger partial charge on any atom is -0.478 e. The molecule has 0 saturated heterocycles. The number of rotatable bonds is 6. The van der Waals surface area contributed by atoms with Crippen molar-refractivity contribution in [2.24, 2.45) is 0 Å². The molecule has 0 fully saturated rings. The largest absolute Gasteiger partial charge is 0.478 e. The van der Waals surface area contributed by atoms with E-state index in [1.165, 1.54) is 0 Å². The highest BCUT2D eigenvalue weighted by molar-refractivity contribution is 6.21. The smallest absolute Gasteiger partial charge is 0.218 e. The fraction of sp³-hybridized carbons (Fsp3) is 0.333. The molecule has 1 N–H and O–H groups in total. The number of halogens is 1. The molecule has 2 aromatic rings. The Morgan fingerprint density at radius 1 is 1.25 bits per heavy atom. The van der Waals surface area contributed by atoms with Crippen molar-refractivity contribution >= 4 is 17.4 Å². The Kier molecular flexibility index (Phi) is 5.18. The zero-order valence-corrected chi connectivity index (χ0v) is 12.4. The number of ether oxygens (including phenoxy) is 1. The first-order valence-corrected chi connectivity index (χ1v) is 7.04. The van der Waals surface area contributed by atoms with Gasteiger partial charge in [0.15, 0.2) is 0 Å². The van der Waals surface area contributed by atoms with E-state index in [1.54, 1.807) is 6.07 Å². The molecular weight excluding hydrogens is 274 g/mol. The number of hydrogen-bond acceptors (Lipinski definition) is 4. The van der Waals surface area contributed by atoms with Crippen LogP contribution >= 0.6 is 11.6 Å². The van der Waals surface area contributed by atoms with E-state index in [4.69, 9.17) is 16.3 Å². The van der Waals surface area contributed by atoms with E-state index in [-0.39, 0.29) is 5.38 Å². The SMILES string of the molecule is CCOc1cc(NCC(Cl)c2ccccc2)nc(C)n1. The second-order valence-corrected chi connectivity index (χ2v) is 4.86. The van der Waals surface area contributed by atoms with Gasteiger partial charge in [0.2, 0.25) is 5.88 Å². The fourth-order valence-corrected chi connectivity index (χ4v) is 2.05. The molecule has 0 aliphatic rings. The highest BCUT2D eigenvalue weighted by Gasteiger charge is 2.08. The molecule has 1 aromatic carbocycles. The molecule has 1 unspecified atom stereocenters. The van der Waals surface area contributed by atoms with E-state index in [0.717, 1.165) is 11.4 Å². The summed E-state index contributed by atoms with van der Waals surface area (Å²) >= 11 is 6.36. The maximum atomic E-state index is 6.36. The maximum absolute atomic E-state index is 6.36. The Labute approximate surface area is 124 Å². The van der Waals surface area contributed by atoms with Crippen LogP contribution in [0.3, 0.4) is 0 Å². The third kappa shape index (κ3) is 4.10. The average molecular weight is 292 g/mol. The van der Waals surface area contributed by atoms with Crippen LogP contribution in [0.1, 0.15) is 23.7 Å². The summed E-state index contributed by atoms with van der Waals surface area (Å²) in [5.41, 5.74) is 1.08. The second-order valence-electron chi connectivity index (χ2n) is 4.33. The second kappa shape index (κ2) is 7.10. The average Bonchev–Trinajstić information content (AvgIpc) is 2.45. The number of aryl methyl sites for hydroxylation is 1. The van der Waals surface area contributed by atoms with Crippen molar-refractivity contribution in [3.63, 3.8) is 0 Å². The van der Waals surface area contributed by atoms with Crippen molar-refractivity contribution in [1.29, 1.82) is 0 Å². The number of anilines is 1. The van der Waals surface area contributed by atoms with Gasteiger partial charge in [-0.25, -0.2) is 4.98 Å². The Balaban J connectivity index is 2.00. The van der Waals surface area contributed by atoms with Crippen LogP contribution in [-0.2, 0) is 0 Å². The van der Waals surface area contributed by atoms with E-state index in [0.29, 0.717) is 24.9 Å². The molecule has 5 heteroatoms. The first kappa shape index (κ1) is 14.6. The van der Waals surface area contributed by atoms with Gasteiger partial charge in [-0.3, -0.25) is 0 Å². The lowest BCUT2D eigenvalue weighted by Gasteiger charge is -2.12. The first-order chi connectivity index (χ1) is 9.69. The molecule has 0 spiro atoms. The highest BCUT2D eigenvalue weighted by atomic mass is 35.5. The van der Waals surface area contributed by atoms with E-state index in [2.05, 4.69) is 15.3 Å². The molecule has 0 radical (unpaired) electrons. The molecule has 2 rings (SSSR count). The topological polar surface area (TPSA) is 47.0 Å². The molecule has 1 atom stereocenters. The molecule has 106 valence electrons. The number of nitrogens with one attached hydrogen (secondary N) is 1. The summed E-state index contributed by atoms with van der Waals surface area (Å²) < 4.78 is 5.39. The van der Waals surface area contributed by atoms with Gasteiger partial charge in [0.1, 0.15) is 11.6 Å². The van der Waals surface area contributed by atoms with Gasteiger partial charge in [0.05, 0.1) is 12.0 Å². The lowest BCUT2D eigenvalue weighted by molar-refractivity contribution is 0.325. The van der Waals surface area contributed by atoms with Gasteiger partial charge >= 0.3 is 0 Å². The minimum absolute atomic E-state index is 0.109. The number of hydrogen-bond donors (Lipinski definition) is 1. The zero-order chi connectivity index (χ0) is 14.4. The molecule has 1 heterocycles. The fourth-order valence-electron chi connectivity index (χ4n) is 1.83. The van der Waals surface area contributed by atoms with Crippen molar-refractivity contribution < 1.29 is 4.74 Å². The van der Waals surface area contributed by atoms with Crippen LogP contribution in [0.15, 0.2) is 36.4 Å². The van der Waals surface area contributed by atoms with Crippen molar-refractivity contribution in [2.75, 3.05) is 18.5 Å². The van der Waals surface area contributed by atoms with Gasteiger partial charge in [0, 0.05) is 12.6 Å². The van der Waals surface area contributed by atoms with Gasteiger partial charge in [-0.15, -0.1) is 11.6 Å². The Hall–Kier alpha value is -1.81. The van der Waals surface area contributed by atoms with Crippen LogP contribution in [0.2, 0.25) is 0 Å². The summed E-state index contributed by atoms with van der Waals surface area (Å²) in [5, 5.41) is 3.11. The third-order valence-electron chi connectivity index (χ3n) is 2.73. The molecule has 0 bridgehead atoms. The van der Waals surface area contributed by atoms with Gasteiger partial charge < -0.3 is 10.1 Å². The van der Waals surface area contributed by atoms with Crippen LogP contribution in [0.4, 0.5) is 5.82 Å². The molecule has 0 saturated carbocycles. The summed E-state index contributed by atoms with van der Waals surface area (Å²) in [6.07, 6.45) is 0. The number of aromatic nitrogens is 2. The number of alkyl halides is 1. The first-order valence-electron chi connectivity index (χ1n) is 6.60. The maximum Gasteiger partial charge on any atom is 0.218 e. The van der Waals surface area contributed by atoms with Gasteiger partial charge in [-0.05, 0) is 19.4 Å². The van der Waals surface area contributed by atoms with E-state index >= 15 is 0 Å². The Morgan fingerprint density at radius 2 is 2.00 bits per heavy atom. The summed E-state index contributed by atoms with van der Waals surface area (Å²) in [5.74, 6) is 1.97. The lowest BCUT2D eigenvalue weighted by atomic mass is 10.1. The summed E-state index contributed by atoms with van der Waals surface area (Å²) in [6.45, 7) is 4.93. The van der Waals surface area contributed by atoms with Crippen molar-refractivity contribution in [3.05, 3.63) is 47.8 Å². The van der Waals surface area contributed by atoms with E-state index < -0.39 is 0 Å². The van der Waals surface area contributed by atoms with Crippen molar-refractivity contribution in [3.8, 4) is 5.88 Å². The normalized spacial score (nSPS) is 11.9. The van der Waals surface area contributed by atoms with Crippen LogP contribution in [-0.4, -0.2) is 23.1 Å². The van der Waals surface area contributed by atoms with Gasteiger partial charge in [0.25, 0.3) is 0 Å². The monoisotopic (exact) mass is 291 g/mol. The van der Waals surface area contributed by atoms with Crippen molar-refractivity contribution in [2.45, 2.75) is 19.2 Å². The van der Waals surface area contributed by atoms with Crippen LogP contribution in [0, 0.1) is 6.92 Å². The Morgan fingerprint density at radius 3 is 2.70 bits per heavy atom. The summed E-state index contributed by atoms with van der Waals surface area (Å²) in [4.78, 5) is 8.52. The van der Waals surface area contributed by atoms with Crippen LogP contribution < -0.4 is 10.1 Å². The molecular formula is C15H18ClN3O. The van der Waals surface area contributed by atoms with Crippen LogP contribution in [0.5, 0.6) is 5.88 Å². The third-order valence-corrected chi connectivity index (χ3v) is 3.14. The lowest BCUT2D eigenvalue weighted by Crippen LogP contribution is -2.10. The predicted octanol–water partition coefficient (Wildman–Crippen LogP) is 3.58. The quantitative estimate of drug-likeness (QED) is 0.827. The van der Waals surface area contributed by atoms with Crippen molar-refractivity contribution in [1.82, 2.24) is 9.97 Å². The summed E-state index contributed by atoms with van der Waals surface area (Å²) in [6, 6.07) is 11.7. The number of nitrogens with zero attached hydrogens (tertiary/aromatic N) is 2. The number of benzene rings is 1. The molecule has 0 amide bonds. The molecule has 4 nitrogen and oxygen atoms in total. The predicted molar refractivity (Wildman–Crippen MR) is 81.5 cm³/mol. The van der Waals surface area contributed by atoms with E-state index in [1.807, 2.05) is 44.2 Å². The van der Waals surface area contributed by atoms with Crippen LogP contribution in [0.25, 0.3) is 0 Å².